The molecule has 4 rings (SSSR count). The minimum Gasteiger partial charge on any atom is -0.353 e. The second kappa shape index (κ2) is 10.3. The number of hydrogen-bond donors (Lipinski definition) is 1. The maximum Gasteiger partial charge on any atom is 0.243 e. The molecule has 2 fully saturated rings. The first kappa shape index (κ1) is 23.9. The molecule has 1 amide bonds. The van der Waals surface area contributed by atoms with Gasteiger partial charge in [-0.2, -0.15) is 9.29 Å². The van der Waals surface area contributed by atoms with Crippen LogP contribution in [0.15, 0.2) is 27.6 Å². The molecule has 180 valence electrons. The largest absolute Gasteiger partial charge is 0.353 e. The third-order valence-electron chi connectivity index (χ3n) is 6.87. The highest BCUT2D eigenvalue weighted by Crippen LogP contribution is 2.29. The molecule has 0 spiro atoms. The number of aryl methyl sites for hydroxylation is 2. The van der Waals surface area contributed by atoms with Crippen molar-refractivity contribution in [1.29, 1.82) is 0 Å². The Kier molecular flexibility index (Phi) is 7.48. The lowest BCUT2D eigenvalue weighted by molar-refractivity contribution is -0.127. The van der Waals surface area contributed by atoms with Crippen molar-refractivity contribution in [2.75, 3.05) is 13.1 Å². The van der Waals surface area contributed by atoms with Gasteiger partial charge in [0.25, 0.3) is 0 Å². The molecule has 0 unspecified atom stereocenters. The standard InChI is InChI=1S/C24H34N4O4S/c1-17-10-11-20(23-25-18(2)32-27-23)16-22(17)33(30,31)28-14-12-19(13-15-28)24(29)26-21-8-6-4-3-5-7-9-21/h10-11,16,19,21H,3-9,12-15H2,1-2H3,(H,26,29). The second-order valence-corrected chi connectivity index (χ2v) is 11.3. The summed E-state index contributed by atoms with van der Waals surface area (Å²) in [5, 5.41) is 7.15. The molecular weight excluding hydrogens is 440 g/mol. The monoisotopic (exact) mass is 474 g/mol. The molecule has 1 aromatic heterocycles. The lowest BCUT2D eigenvalue weighted by atomic mass is 9.94. The van der Waals surface area contributed by atoms with Gasteiger partial charge in [0.05, 0.1) is 4.90 Å². The van der Waals surface area contributed by atoms with Crippen LogP contribution < -0.4 is 5.32 Å². The molecule has 1 N–H and O–H groups in total. The molecule has 0 radical (unpaired) electrons. The Morgan fingerprint density at radius 3 is 2.33 bits per heavy atom. The van der Waals surface area contributed by atoms with Gasteiger partial charge in [0.1, 0.15) is 0 Å². The maximum absolute atomic E-state index is 13.4. The number of carbonyl (C=O) groups excluding carboxylic acids is 1. The molecule has 2 heterocycles. The first-order chi connectivity index (χ1) is 15.8. The van der Waals surface area contributed by atoms with Crippen molar-refractivity contribution < 1.29 is 17.7 Å². The van der Waals surface area contributed by atoms with Crippen LogP contribution in [-0.2, 0) is 14.8 Å². The normalized spacial score (nSPS) is 19.7. The van der Waals surface area contributed by atoms with Crippen LogP contribution in [-0.4, -0.2) is 47.9 Å². The molecule has 1 saturated heterocycles. The summed E-state index contributed by atoms with van der Waals surface area (Å²) in [5.41, 5.74) is 1.27. The van der Waals surface area contributed by atoms with Gasteiger partial charge in [0.2, 0.25) is 27.6 Å². The van der Waals surface area contributed by atoms with E-state index in [1.165, 1.54) is 36.4 Å². The smallest absolute Gasteiger partial charge is 0.243 e. The van der Waals surface area contributed by atoms with Crippen molar-refractivity contribution in [3.63, 3.8) is 0 Å². The van der Waals surface area contributed by atoms with Crippen LogP contribution in [0.1, 0.15) is 69.2 Å². The van der Waals surface area contributed by atoms with Gasteiger partial charge in [-0.3, -0.25) is 4.79 Å². The van der Waals surface area contributed by atoms with E-state index in [2.05, 4.69) is 15.5 Å². The summed E-state index contributed by atoms with van der Waals surface area (Å²) in [6.07, 6.45) is 9.31. The van der Waals surface area contributed by atoms with Crippen LogP contribution in [0.5, 0.6) is 0 Å². The van der Waals surface area contributed by atoms with Crippen molar-refractivity contribution >= 4 is 15.9 Å². The predicted molar refractivity (Wildman–Crippen MR) is 125 cm³/mol. The quantitative estimate of drug-likeness (QED) is 0.703. The van der Waals surface area contributed by atoms with Crippen molar-refractivity contribution in [3.05, 3.63) is 29.7 Å². The second-order valence-electron chi connectivity index (χ2n) is 9.35. The number of nitrogens with zero attached hydrogens (tertiary/aromatic N) is 3. The van der Waals surface area contributed by atoms with E-state index in [0.717, 1.165) is 12.8 Å². The average Bonchev–Trinajstić information content (AvgIpc) is 3.22. The Hall–Kier alpha value is -2.26. The molecule has 0 atom stereocenters. The van der Waals surface area contributed by atoms with Crippen LogP contribution in [0.4, 0.5) is 0 Å². The zero-order valence-corrected chi connectivity index (χ0v) is 20.4. The lowest BCUT2D eigenvalue weighted by Crippen LogP contribution is -2.45. The predicted octanol–water partition coefficient (Wildman–Crippen LogP) is 3.98. The maximum atomic E-state index is 13.4. The van der Waals surface area contributed by atoms with E-state index in [4.69, 9.17) is 4.52 Å². The number of carbonyl (C=O) groups is 1. The van der Waals surface area contributed by atoms with Crippen molar-refractivity contribution in [2.24, 2.45) is 5.92 Å². The van der Waals surface area contributed by atoms with Gasteiger partial charge in [0, 0.05) is 37.5 Å². The first-order valence-corrected chi connectivity index (χ1v) is 13.5. The van der Waals surface area contributed by atoms with Gasteiger partial charge in [-0.15, -0.1) is 0 Å². The van der Waals surface area contributed by atoms with Crippen LogP contribution >= 0.6 is 0 Å². The number of benzene rings is 1. The molecule has 2 aliphatic rings. The van der Waals surface area contributed by atoms with E-state index in [-0.39, 0.29) is 22.8 Å². The van der Waals surface area contributed by atoms with Crippen LogP contribution in [0.3, 0.4) is 0 Å². The number of sulfonamides is 1. The molecule has 8 nitrogen and oxygen atoms in total. The van der Waals surface area contributed by atoms with Gasteiger partial charge < -0.3 is 9.84 Å². The Labute approximate surface area is 196 Å². The SMILES string of the molecule is Cc1nc(-c2ccc(C)c(S(=O)(=O)N3CCC(C(=O)NC4CCCCCCC4)CC3)c2)no1. The fraction of sp³-hybridized carbons (Fsp3) is 0.625. The number of amides is 1. The molecule has 2 aromatic rings. The highest BCUT2D eigenvalue weighted by molar-refractivity contribution is 7.89. The van der Waals surface area contributed by atoms with Gasteiger partial charge in [-0.25, -0.2) is 8.42 Å². The highest BCUT2D eigenvalue weighted by atomic mass is 32.2. The van der Waals surface area contributed by atoms with Gasteiger partial charge in [0.15, 0.2) is 0 Å². The molecular formula is C24H34N4O4S. The number of aromatic nitrogens is 2. The number of hydrogen-bond acceptors (Lipinski definition) is 6. The Bertz CT molecular complexity index is 1070. The summed E-state index contributed by atoms with van der Waals surface area (Å²) < 4.78 is 33.4. The zero-order valence-electron chi connectivity index (χ0n) is 19.5. The fourth-order valence-electron chi connectivity index (χ4n) is 4.85. The van der Waals surface area contributed by atoms with Crippen molar-refractivity contribution in [2.45, 2.75) is 82.6 Å². The lowest BCUT2D eigenvalue weighted by Gasteiger charge is -2.32. The van der Waals surface area contributed by atoms with E-state index >= 15 is 0 Å². The fourth-order valence-corrected chi connectivity index (χ4v) is 6.57. The molecule has 1 saturated carbocycles. The van der Waals surface area contributed by atoms with Crippen molar-refractivity contribution in [3.8, 4) is 11.4 Å². The topological polar surface area (TPSA) is 105 Å². The third kappa shape index (κ3) is 5.63. The summed E-state index contributed by atoms with van der Waals surface area (Å²) in [5.74, 6) is 0.753. The van der Waals surface area contributed by atoms with Crippen LogP contribution in [0, 0.1) is 19.8 Å². The van der Waals surface area contributed by atoms with E-state index in [0.29, 0.717) is 48.8 Å². The Balaban J connectivity index is 1.40. The third-order valence-corrected chi connectivity index (χ3v) is 8.91. The highest BCUT2D eigenvalue weighted by Gasteiger charge is 2.33. The molecule has 9 heteroatoms. The molecule has 33 heavy (non-hydrogen) atoms. The van der Waals surface area contributed by atoms with Crippen LogP contribution in [0.25, 0.3) is 11.4 Å². The zero-order chi connectivity index (χ0) is 23.4. The Morgan fingerprint density at radius 2 is 1.70 bits per heavy atom. The summed E-state index contributed by atoms with van der Waals surface area (Å²) in [4.78, 5) is 17.3. The summed E-state index contributed by atoms with van der Waals surface area (Å²) >= 11 is 0. The van der Waals surface area contributed by atoms with Gasteiger partial charge in [-0.05, 0) is 44.2 Å². The number of piperidine rings is 1. The summed E-state index contributed by atoms with van der Waals surface area (Å²) in [7, 11) is -3.69. The first-order valence-electron chi connectivity index (χ1n) is 12.1. The van der Waals surface area contributed by atoms with E-state index in [1.54, 1.807) is 32.0 Å². The molecule has 1 aliphatic heterocycles. The van der Waals surface area contributed by atoms with Crippen LogP contribution in [0.2, 0.25) is 0 Å². The van der Waals surface area contributed by atoms with E-state index in [1.807, 2.05) is 0 Å². The average molecular weight is 475 g/mol. The molecule has 0 bridgehead atoms. The van der Waals surface area contributed by atoms with E-state index in [9.17, 15) is 13.2 Å². The van der Waals surface area contributed by atoms with Gasteiger partial charge in [-0.1, -0.05) is 49.4 Å². The van der Waals surface area contributed by atoms with Gasteiger partial charge >= 0.3 is 0 Å². The Morgan fingerprint density at radius 1 is 1.03 bits per heavy atom. The number of nitrogens with one attached hydrogen (secondary N) is 1. The van der Waals surface area contributed by atoms with E-state index < -0.39 is 10.0 Å². The minimum atomic E-state index is -3.69. The molecule has 1 aromatic carbocycles. The summed E-state index contributed by atoms with van der Waals surface area (Å²) in [6.45, 7) is 4.17. The summed E-state index contributed by atoms with van der Waals surface area (Å²) in [6, 6.07) is 5.44. The number of rotatable bonds is 5. The minimum absolute atomic E-state index is 0.0864. The van der Waals surface area contributed by atoms with Crippen molar-refractivity contribution in [1.82, 2.24) is 19.8 Å². The molecule has 1 aliphatic carbocycles.